The van der Waals surface area contributed by atoms with Crippen LogP contribution >= 0.6 is 15.9 Å². The molecule has 0 atom stereocenters. The van der Waals surface area contributed by atoms with Gasteiger partial charge in [-0.05, 0) is 37.6 Å². The third-order valence-electron chi connectivity index (χ3n) is 4.18. The zero-order chi connectivity index (χ0) is 19.6. The van der Waals surface area contributed by atoms with Gasteiger partial charge >= 0.3 is 5.69 Å². The second-order valence-corrected chi connectivity index (χ2v) is 6.98. The molecule has 0 spiro atoms. The normalized spacial score (nSPS) is 11.6. The van der Waals surface area contributed by atoms with E-state index in [1.165, 1.54) is 0 Å². The van der Waals surface area contributed by atoms with Gasteiger partial charge < -0.3 is 5.11 Å². The van der Waals surface area contributed by atoms with Gasteiger partial charge in [-0.25, -0.2) is 9.36 Å². The number of nitrogens with zero attached hydrogens (tertiary/aromatic N) is 2. The van der Waals surface area contributed by atoms with E-state index in [1.54, 1.807) is 19.1 Å². The summed E-state index contributed by atoms with van der Waals surface area (Å²) in [6.07, 6.45) is 0. The first-order chi connectivity index (χ1) is 12.9. The lowest BCUT2D eigenvalue weighted by Crippen LogP contribution is -2.32. The van der Waals surface area contributed by atoms with Crippen molar-refractivity contribution in [2.24, 2.45) is 4.99 Å². The fourth-order valence-corrected chi connectivity index (χ4v) is 3.10. The molecule has 0 aliphatic carbocycles. The summed E-state index contributed by atoms with van der Waals surface area (Å²) in [6.45, 7) is 3.88. The van der Waals surface area contributed by atoms with Crippen LogP contribution < -0.4 is 11.2 Å². The molecule has 0 saturated carbocycles. The van der Waals surface area contributed by atoms with Crippen molar-refractivity contribution >= 4 is 21.6 Å². The van der Waals surface area contributed by atoms with Gasteiger partial charge in [0.1, 0.15) is 5.56 Å². The van der Waals surface area contributed by atoms with Crippen molar-refractivity contribution in [2.45, 2.75) is 20.4 Å². The highest BCUT2D eigenvalue weighted by atomic mass is 79.9. The van der Waals surface area contributed by atoms with Gasteiger partial charge in [-0.2, -0.15) is 0 Å². The Morgan fingerprint density at radius 3 is 2.48 bits per heavy atom. The fourth-order valence-electron chi connectivity index (χ4n) is 2.69. The molecule has 0 bridgehead atoms. The van der Waals surface area contributed by atoms with E-state index in [4.69, 9.17) is 0 Å². The molecule has 2 aromatic carbocycles. The number of hydrogen-bond donors (Lipinski definition) is 2. The number of aromatic amines is 1. The highest BCUT2D eigenvalue weighted by Crippen LogP contribution is 2.20. The standard InChI is InChI=1S/C20H18BrN3O3/c1-12-7-9-15(10-8-12)24-19(26)17(18(25)23-20(24)27)13(2)22-11-14-5-3-4-6-16(14)21/h3-10,26H,11H2,1-2H3,(H,23,25,27). The maximum absolute atomic E-state index is 12.3. The quantitative estimate of drug-likeness (QED) is 0.626. The Labute approximate surface area is 164 Å². The first-order valence-corrected chi connectivity index (χ1v) is 9.08. The summed E-state index contributed by atoms with van der Waals surface area (Å²) in [5, 5.41) is 10.6. The lowest BCUT2D eigenvalue weighted by molar-refractivity contribution is 0.429. The first kappa shape index (κ1) is 18.8. The molecule has 0 amide bonds. The summed E-state index contributed by atoms with van der Waals surface area (Å²) in [4.78, 5) is 31.2. The van der Waals surface area contributed by atoms with Gasteiger partial charge in [0, 0.05) is 4.47 Å². The summed E-state index contributed by atoms with van der Waals surface area (Å²) in [6, 6.07) is 14.7. The third-order valence-corrected chi connectivity index (χ3v) is 4.96. The van der Waals surface area contributed by atoms with Gasteiger partial charge in [0.25, 0.3) is 5.56 Å². The highest BCUT2D eigenvalue weighted by Gasteiger charge is 2.17. The second-order valence-electron chi connectivity index (χ2n) is 6.12. The van der Waals surface area contributed by atoms with E-state index in [9.17, 15) is 14.7 Å². The molecule has 0 fully saturated rings. The Morgan fingerprint density at radius 1 is 1.15 bits per heavy atom. The van der Waals surface area contributed by atoms with Crippen LogP contribution in [0.4, 0.5) is 0 Å². The SMILES string of the molecule is CC(=NCc1ccccc1Br)c1c(O)n(-c2ccc(C)cc2)c(=O)[nH]c1=O. The van der Waals surface area contributed by atoms with Crippen molar-refractivity contribution in [3.63, 3.8) is 0 Å². The summed E-state index contributed by atoms with van der Waals surface area (Å²) in [5.74, 6) is -0.430. The lowest BCUT2D eigenvalue weighted by atomic mass is 10.2. The van der Waals surface area contributed by atoms with Crippen LogP contribution in [0.5, 0.6) is 5.88 Å². The van der Waals surface area contributed by atoms with Gasteiger partial charge in [-0.1, -0.05) is 51.8 Å². The summed E-state index contributed by atoms with van der Waals surface area (Å²) >= 11 is 3.46. The molecule has 138 valence electrons. The predicted octanol–water partition coefficient (Wildman–Crippen LogP) is 3.31. The number of aliphatic imine (C=N–C) groups is 1. The average Bonchev–Trinajstić information content (AvgIpc) is 2.62. The highest BCUT2D eigenvalue weighted by molar-refractivity contribution is 9.10. The Hall–Kier alpha value is -2.93. The minimum atomic E-state index is -0.705. The van der Waals surface area contributed by atoms with E-state index in [-0.39, 0.29) is 5.56 Å². The largest absolute Gasteiger partial charge is 0.493 e. The molecule has 1 aromatic heterocycles. The average molecular weight is 428 g/mol. The van der Waals surface area contributed by atoms with Crippen LogP contribution in [0, 0.1) is 6.92 Å². The van der Waals surface area contributed by atoms with Crippen molar-refractivity contribution in [3.8, 4) is 11.6 Å². The smallest absolute Gasteiger partial charge is 0.335 e. The molecule has 0 aliphatic heterocycles. The minimum absolute atomic E-state index is 0.0257. The van der Waals surface area contributed by atoms with Gasteiger partial charge in [0.05, 0.1) is 17.9 Å². The van der Waals surface area contributed by atoms with Crippen molar-refractivity contribution in [1.29, 1.82) is 0 Å². The third kappa shape index (κ3) is 3.93. The van der Waals surface area contributed by atoms with Crippen LogP contribution in [-0.2, 0) is 6.54 Å². The van der Waals surface area contributed by atoms with Crippen LogP contribution in [0.3, 0.4) is 0 Å². The van der Waals surface area contributed by atoms with Crippen LogP contribution in [0.15, 0.2) is 67.6 Å². The van der Waals surface area contributed by atoms with Crippen LogP contribution in [0.25, 0.3) is 5.69 Å². The monoisotopic (exact) mass is 427 g/mol. The Bertz CT molecular complexity index is 1130. The zero-order valence-electron chi connectivity index (χ0n) is 14.9. The van der Waals surface area contributed by atoms with Crippen LogP contribution in [-0.4, -0.2) is 20.4 Å². The molecule has 0 radical (unpaired) electrons. The van der Waals surface area contributed by atoms with Gasteiger partial charge in [-0.3, -0.25) is 14.8 Å². The van der Waals surface area contributed by atoms with E-state index >= 15 is 0 Å². The topological polar surface area (TPSA) is 87.4 Å². The number of rotatable bonds is 4. The van der Waals surface area contributed by atoms with E-state index in [0.717, 1.165) is 20.2 Å². The maximum Gasteiger partial charge on any atom is 0.335 e. The fraction of sp³-hybridized carbons (Fsp3) is 0.150. The number of H-pyrrole nitrogens is 1. The van der Waals surface area contributed by atoms with Crippen LogP contribution in [0.2, 0.25) is 0 Å². The second kappa shape index (κ2) is 7.75. The molecule has 0 saturated heterocycles. The molecule has 3 rings (SSSR count). The van der Waals surface area contributed by atoms with Crippen molar-refractivity contribution in [2.75, 3.05) is 0 Å². The Balaban J connectivity index is 2.07. The molecule has 6 nitrogen and oxygen atoms in total. The van der Waals surface area contributed by atoms with Crippen molar-refractivity contribution < 1.29 is 5.11 Å². The minimum Gasteiger partial charge on any atom is -0.493 e. The summed E-state index contributed by atoms with van der Waals surface area (Å²) < 4.78 is 1.97. The molecule has 0 unspecified atom stereocenters. The van der Waals surface area contributed by atoms with Crippen molar-refractivity contribution in [3.05, 3.63) is 90.5 Å². The van der Waals surface area contributed by atoms with Gasteiger partial charge in [-0.15, -0.1) is 0 Å². The van der Waals surface area contributed by atoms with E-state index in [0.29, 0.717) is 17.9 Å². The molecule has 0 aliphatic rings. The maximum atomic E-state index is 12.3. The zero-order valence-corrected chi connectivity index (χ0v) is 16.4. The molecular weight excluding hydrogens is 410 g/mol. The predicted molar refractivity (Wildman–Crippen MR) is 109 cm³/mol. The molecule has 3 aromatic rings. The van der Waals surface area contributed by atoms with Crippen LogP contribution in [0.1, 0.15) is 23.6 Å². The number of aryl methyl sites for hydroxylation is 1. The molecule has 1 heterocycles. The number of nitrogens with one attached hydrogen (secondary N) is 1. The molecule has 2 N–H and O–H groups in total. The summed E-state index contributed by atoms with van der Waals surface area (Å²) in [5.41, 5.74) is 1.35. The number of halogens is 1. The summed E-state index contributed by atoms with van der Waals surface area (Å²) in [7, 11) is 0. The van der Waals surface area contributed by atoms with E-state index < -0.39 is 17.1 Å². The van der Waals surface area contributed by atoms with Crippen molar-refractivity contribution in [1.82, 2.24) is 9.55 Å². The Morgan fingerprint density at radius 2 is 1.81 bits per heavy atom. The number of hydrogen-bond acceptors (Lipinski definition) is 4. The van der Waals surface area contributed by atoms with Gasteiger partial charge in [0.15, 0.2) is 0 Å². The van der Waals surface area contributed by atoms with Gasteiger partial charge in [0.2, 0.25) is 5.88 Å². The van der Waals surface area contributed by atoms with E-state index in [1.807, 2.05) is 43.3 Å². The molecular formula is C20H18BrN3O3. The van der Waals surface area contributed by atoms with E-state index in [2.05, 4.69) is 25.9 Å². The number of aromatic nitrogens is 2. The number of benzene rings is 2. The first-order valence-electron chi connectivity index (χ1n) is 8.28. The lowest BCUT2D eigenvalue weighted by Gasteiger charge is -2.12. The number of aromatic hydroxyl groups is 1. The Kier molecular flexibility index (Phi) is 5.41. The molecule has 7 heteroatoms. The molecule has 27 heavy (non-hydrogen) atoms.